The maximum atomic E-state index is 13.9. The second kappa shape index (κ2) is 13.6. The van der Waals surface area contributed by atoms with Gasteiger partial charge in [-0.2, -0.15) is 0 Å². The molecule has 1 aliphatic rings. The normalized spacial score (nSPS) is 18.4. The SMILES string of the molecule is COCCCCn1c(C(=O)N(CC(C)C)[C@@H]2CNC[C@H](C(C)(C)O)C2)nc2ccccc21.Cl.Cl. The van der Waals surface area contributed by atoms with E-state index in [1.807, 2.05) is 43.0 Å². The van der Waals surface area contributed by atoms with Gasteiger partial charge in [0.15, 0.2) is 5.82 Å². The molecule has 194 valence electrons. The number of hydrogen-bond donors (Lipinski definition) is 2. The zero-order chi connectivity index (χ0) is 23.3. The van der Waals surface area contributed by atoms with Crippen molar-refractivity contribution in [2.75, 3.05) is 33.4 Å². The van der Waals surface area contributed by atoms with Gasteiger partial charge in [-0.1, -0.05) is 26.0 Å². The van der Waals surface area contributed by atoms with Crippen LogP contribution < -0.4 is 5.32 Å². The van der Waals surface area contributed by atoms with Crippen molar-refractivity contribution in [3.8, 4) is 0 Å². The molecule has 0 bridgehead atoms. The van der Waals surface area contributed by atoms with E-state index in [1.54, 1.807) is 7.11 Å². The first kappa shape index (κ1) is 30.7. The van der Waals surface area contributed by atoms with Crippen molar-refractivity contribution in [2.24, 2.45) is 11.8 Å². The van der Waals surface area contributed by atoms with Crippen LogP contribution in [0.1, 0.15) is 57.6 Å². The van der Waals surface area contributed by atoms with Gasteiger partial charge >= 0.3 is 0 Å². The van der Waals surface area contributed by atoms with Crippen LogP contribution in [0.4, 0.5) is 0 Å². The smallest absolute Gasteiger partial charge is 0.290 e. The molecule has 1 amide bonds. The standard InChI is InChI=1S/C25H40N4O3.2ClH/c1-18(2)17-29(20-14-19(15-26-16-20)25(3,4)31)24(30)23-27-21-10-6-7-11-22(21)28(23)12-8-9-13-32-5;;/h6-7,10-11,18-20,26,31H,8-9,12-17H2,1-5H3;2*1H/t19-,20+;;/m1../s1. The van der Waals surface area contributed by atoms with Crippen molar-refractivity contribution < 1.29 is 14.6 Å². The van der Waals surface area contributed by atoms with E-state index < -0.39 is 5.60 Å². The summed E-state index contributed by atoms with van der Waals surface area (Å²) >= 11 is 0. The molecule has 3 rings (SSSR count). The third-order valence-electron chi connectivity index (χ3n) is 6.42. The van der Waals surface area contributed by atoms with Gasteiger partial charge in [0, 0.05) is 51.9 Å². The fraction of sp³-hybridized carbons (Fsp3) is 0.680. The highest BCUT2D eigenvalue weighted by Crippen LogP contribution is 2.28. The van der Waals surface area contributed by atoms with Gasteiger partial charge in [0.2, 0.25) is 0 Å². The average Bonchev–Trinajstić information content (AvgIpc) is 3.12. The number of ether oxygens (including phenoxy) is 1. The summed E-state index contributed by atoms with van der Waals surface area (Å²) in [5.74, 6) is 0.914. The Morgan fingerprint density at radius 3 is 2.62 bits per heavy atom. The van der Waals surface area contributed by atoms with Crippen molar-refractivity contribution in [2.45, 2.75) is 65.1 Å². The predicted octanol–water partition coefficient (Wildman–Crippen LogP) is 4.15. The second-order valence-electron chi connectivity index (χ2n) is 10.0. The van der Waals surface area contributed by atoms with E-state index in [-0.39, 0.29) is 42.7 Å². The maximum absolute atomic E-state index is 13.9. The maximum Gasteiger partial charge on any atom is 0.290 e. The second-order valence-corrected chi connectivity index (χ2v) is 10.0. The molecular weight excluding hydrogens is 475 g/mol. The molecule has 7 nitrogen and oxygen atoms in total. The number of fused-ring (bicyclic) bond motifs is 1. The molecule has 2 aromatic rings. The highest BCUT2D eigenvalue weighted by molar-refractivity contribution is 5.95. The largest absolute Gasteiger partial charge is 0.390 e. The number of carbonyl (C=O) groups excluding carboxylic acids is 1. The minimum atomic E-state index is -0.785. The number of aliphatic hydroxyl groups is 1. The number of halogens is 2. The first-order chi connectivity index (χ1) is 15.2. The summed E-state index contributed by atoms with van der Waals surface area (Å²) in [6, 6.07) is 7.99. The molecule has 1 aromatic carbocycles. The van der Waals surface area contributed by atoms with Gasteiger partial charge in [0.05, 0.1) is 16.6 Å². The molecule has 2 atom stereocenters. The van der Waals surface area contributed by atoms with E-state index in [0.29, 0.717) is 24.9 Å². The van der Waals surface area contributed by atoms with Gasteiger partial charge in [-0.15, -0.1) is 24.8 Å². The van der Waals surface area contributed by atoms with Crippen LogP contribution in [0.3, 0.4) is 0 Å². The molecule has 0 unspecified atom stereocenters. The minimum absolute atomic E-state index is 0. The molecule has 1 aliphatic heterocycles. The Balaban J connectivity index is 0.00000289. The number of imidazole rings is 1. The fourth-order valence-electron chi connectivity index (χ4n) is 4.60. The summed E-state index contributed by atoms with van der Waals surface area (Å²) in [6.07, 6.45) is 2.64. The van der Waals surface area contributed by atoms with Crippen LogP contribution in [0, 0.1) is 11.8 Å². The summed E-state index contributed by atoms with van der Waals surface area (Å²) in [5.41, 5.74) is 1.06. The Hall–Kier alpha value is -1.38. The quantitative estimate of drug-likeness (QED) is 0.463. The van der Waals surface area contributed by atoms with E-state index in [1.165, 1.54) is 0 Å². The van der Waals surface area contributed by atoms with Gasteiger partial charge in [0.25, 0.3) is 5.91 Å². The number of rotatable bonds is 10. The van der Waals surface area contributed by atoms with Crippen LogP contribution in [-0.2, 0) is 11.3 Å². The Labute approximate surface area is 216 Å². The van der Waals surface area contributed by atoms with Crippen molar-refractivity contribution in [1.82, 2.24) is 19.8 Å². The molecule has 0 saturated carbocycles. The third kappa shape index (κ3) is 7.56. The zero-order valence-electron chi connectivity index (χ0n) is 21.1. The number of unbranched alkanes of at least 4 members (excludes halogenated alkanes) is 1. The fourth-order valence-corrected chi connectivity index (χ4v) is 4.60. The van der Waals surface area contributed by atoms with Crippen molar-refractivity contribution >= 4 is 41.8 Å². The topological polar surface area (TPSA) is 79.6 Å². The van der Waals surface area contributed by atoms with Crippen LogP contribution in [0.25, 0.3) is 11.0 Å². The summed E-state index contributed by atoms with van der Waals surface area (Å²) in [4.78, 5) is 20.7. The first-order valence-corrected chi connectivity index (χ1v) is 11.9. The lowest BCUT2D eigenvalue weighted by atomic mass is 9.82. The molecule has 1 aromatic heterocycles. The molecule has 2 heterocycles. The minimum Gasteiger partial charge on any atom is -0.390 e. The number of benzene rings is 1. The Morgan fingerprint density at radius 2 is 1.97 bits per heavy atom. The Bertz CT molecular complexity index is 898. The Kier molecular flexibility index (Phi) is 12.3. The van der Waals surface area contributed by atoms with Crippen molar-refractivity contribution in [1.29, 1.82) is 0 Å². The number of methoxy groups -OCH3 is 1. The Morgan fingerprint density at radius 1 is 1.26 bits per heavy atom. The number of hydrogen-bond acceptors (Lipinski definition) is 5. The van der Waals surface area contributed by atoms with Gasteiger partial charge in [-0.05, 0) is 51.2 Å². The number of amides is 1. The molecule has 9 heteroatoms. The van der Waals surface area contributed by atoms with E-state index in [9.17, 15) is 9.90 Å². The molecule has 0 radical (unpaired) electrons. The van der Waals surface area contributed by atoms with Crippen LogP contribution >= 0.6 is 24.8 Å². The number of aromatic nitrogens is 2. The van der Waals surface area contributed by atoms with E-state index in [2.05, 4.69) is 23.7 Å². The number of nitrogens with one attached hydrogen (secondary N) is 1. The van der Waals surface area contributed by atoms with E-state index in [4.69, 9.17) is 9.72 Å². The van der Waals surface area contributed by atoms with Gasteiger partial charge < -0.3 is 24.6 Å². The molecule has 1 saturated heterocycles. The van der Waals surface area contributed by atoms with Crippen molar-refractivity contribution in [3.63, 3.8) is 0 Å². The van der Waals surface area contributed by atoms with Crippen LogP contribution in [-0.4, -0.2) is 70.5 Å². The number of aryl methyl sites for hydroxylation is 1. The number of para-hydroxylation sites is 2. The molecular formula is C25H42Cl2N4O3. The molecule has 1 fully saturated rings. The monoisotopic (exact) mass is 516 g/mol. The molecule has 0 aliphatic carbocycles. The van der Waals surface area contributed by atoms with Gasteiger partial charge in [-0.25, -0.2) is 4.98 Å². The number of piperidine rings is 1. The highest BCUT2D eigenvalue weighted by Gasteiger charge is 2.37. The molecule has 34 heavy (non-hydrogen) atoms. The van der Waals surface area contributed by atoms with Gasteiger partial charge in [-0.3, -0.25) is 4.79 Å². The summed E-state index contributed by atoms with van der Waals surface area (Å²) in [7, 11) is 1.71. The van der Waals surface area contributed by atoms with Crippen LogP contribution in [0.15, 0.2) is 24.3 Å². The third-order valence-corrected chi connectivity index (χ3v) is 6.42. The molecule has 0 spiro atoms. The molecule has 2 N–H and O–H groups in total. The zero-order valence-corrected chi connectivity index (χ0v) is 22.8. The highest BCUT2D eigenvalue weighted by atomic mass is 35.5. The van der Waals surface area contributed by atoms with Gasteiger partial charge in [0.1, 0.15) is 0 Å². The predicted molar refractivity (Wildman–Crippen MR) is 142 cm³/mol. The summed E-state index contributed by atoms with van der Waals surface area (Å²) in [6.45, 7) is 11.6. The van der Waals surface area contributed by atoms with Crippen LogP contribution in [0.5, 0.6) is 0 Å². The van der Waals surface area contributed by atoms with Crippen LogP contribution in [0.2, 0.25) is 0 Å². The number of nitrogens with zero attached hydrogens (tertiary/aromatic N) is 3. The lowest BCUT2D eigenvalue weighted by molar-refractivity contribution is -0.0113. The lowest BCUT2D eigenvalue weighted by Gasteiger charge is -2.42. The van der Waals surface area contributed by atoms with E-state index >= 15 is 0 Å². The summed E-state index contributed by atoms with van der Waals surface area (Å²) < 4.78 is 7.27. The van der Waals surface area contributed by atoms with E-state index in [0.717, 1.165) is 49.9 Å². The first-order valence-electron chi connectivity index (χ1n) is 11.9. The lowest BCUT2D eigenvalue weighted by Crippen LogP contribution is -2.55. The average molecular weight is 518 g/mol. The number of carbonyl (C=O) groups is 1. The summed E-state index contributed by atoms with van der Waals surface area (Å²) in [5, 5.41) is 14.0. The van der Waals surface area contributed by atoms with Crippen molar-refractivity contribution in [3.05, 3.63) is 30.1 Å².